The number of Topliss-reactive ketones (excluding diaryl/α,β-unsaturated/α-hetero) is 1. The van der Waals surface area contributed by atoms with Crippen molar-refractivity contribution in [2.24, 2.45) is 5.92 Å². The number of rotatable bonds is 7. The Kier molecular flexibility index (Phi) is 5.58. The van der Waals surface area contributed by atoms with Crippen LogP contribution in [-0.4, -0.2) is 41.7 Å². The summed E-state index contributed by atoms with van der Waals surface area (Å²) in [6, 6.07) is 7.58. The van der Waals surface area contributed by atoms with E-state index in [4.69, 9.17) is 4.42 Å². The highest BCUT2D eigenvalue weighted by molar-refractivity contribution is 7.99. The monoisotopic (exact) mass is 380 g/mol. The minimum atomic E-state index is -2.91. The molecule has 2 heterocycles. The van der Waals surface area contributed by atoms with Crippen molar-refractivity contribution < 1.29 is 17.6 Å². The Balaban J connectivity index is 1.52. The highest BCUT2D eigenvalue weighted by atomic mass is 32.2. The van der Waals surface area contributed by atoms with Gasteiger partial charge in [-0.1, -0.05) is 43.0 Å². The molecule has 0 amide bonds. The molecule has 134 valence electrons. The van der Waals surface area contributed by atoms with Gasteiger partial charge in [0.25, 0.3) is 5.22 Å². The smallest absolute Gasteiger partial charge is 0.277 e. The Hall–Kier alpha value is -1.67. The molecule has 1 aromatic carbocycles. The van der Waals surface area contributed by atoms with Crippen LogP contribution in [0.25, 0.3) is 0 Å². The normalized spacial score (nSPS) is 19.2. The van der Waals surface area contributed by atoms with E-state index in [0.29, 0.717) is 29.5 Å². The second-order valence-corrected chi connectivity index (χ2v) is 9.35. The SMILES string of the molecule is CCc1ccc(C(=O)CSc2nnc(C[C@@H]3CCS(=O)(=O)C3)o2)cc1. The molecule has 2 aromatic rings. The van der Waals surface area contributed by atoms with Crippen molar-refractivity contribution in [2.75, 3.05) is 17.3 Å². The van der Waals surface area contributed by atoms with Gasteiger partial charge < -0.3 is 4.42 Å². The fraction of sp³-hybridized carbons (Fsp3) is 0.471. The van der Waals surface area contributed by atoms with Gasteiger partial charge in [-0.15, -0.1) is 10.2 Å². The van der Waals surface area contributed by atoms with Crippen LogP contribution in [0.15, 0.2) is 33.9 Å². The number of carbonyl (C=O) groups excluding carboxylic acids is 1. The number of aromatic nitrogens is 2. The minimum Gasteiger partial charge on any atom is -0.416 e. The Morgan fingerprint density at radius 1 is 1.28 bits per heavy atom. The van der Waals surface area contributed by atoms with Gasteiger partial charge in [0.2, 0.25) is 5.89 Å². The van der Waals surface area contributed by atoms with E-state index in [2.05, 4.69) is 17.1 Å². The molecule has 25 heavy (non-hydrogen) atoms. The molecule has 0 unspecified atom stereocenters. The lowest BCUT2D eigenvalue weighted by Gasteiger charge is -2.02. The van der Waals surface area contributed by atoms with Crippen molar-refractivity contribution in [3.8, 4) is 0 Å². The summed E-state index contributed by atoms with van der Waals surface area (Å²) in [6.07, 6.45) is 2.05. The zero-order valence-electron chi connectivity index (χ0n) is 14.0. The number of hydrogen-bond donors (Lipinski definition) is 0. The summed E-state index contributed by atoms with van der Waals surface area (Å²) in [5.74, 6) is 1.13. The van der Waals surface area contributed by atoms with Crippen LogP contribution in [0.5, 0.6) is 0 Å². The Labute approximate surface area is 151 Å². The van der Waals surface area contributed by atoms with Crippen LogP contribution in [0.1, 0.15) is 35.2 Å². The lowest BCUT2D eigenvalue weighted by atomic mass is 10.1. The molecule has 1 aliphatic heterocycles. The molecular weight excluding hydrogens is 360 g/mol. The summed E-state index contributed by atoms with van der Waals surface area (Å²) in [4.78, 5) is 12.2. The van der Waals surface area contributed by atoms with E-state index in [1.807, 2.05) is 24.3 Å². The average Bonchev–Trinajstić information content (AvgIpc) is 3.19. The van der Waals surface area contributed by atoms with Gasteiger partial charge in [0, 0.05) is 12.0 Å². The number of nitrogens with zero attached hydrogens (tertiary/aromatic N) is 2. The number of sulfone groups is 1. The topological polar surface area (TPSA) is 90.1 Å². The molecule has 1 aromatic heterocycles. The van der Waals surface area contributed by atoms with Crippen LogP contribution in [0.4, 0.5) is 0 Å². The minimum absolute atomic E-state index is 0.00860. The average molecular weight is 380 g/mol. The quantitative estimate of drug-likeness (QED) is 0.538. The Bertz CT molecular complexity index is 844. The zero-order chi connectivity index (χ0) is 17.9. The van der Waals surface area contributed by atoms with Crippen molar-refractivity contribution in [1.82, 2.24) is 10.2 Å². The number of aryl methyl sites for hydroxylation is 1. The molecule has 0 saturated carbocycles. The maximum absolute atomic E-state index is 12.2. The Morgan fingerprint density at radius 3 is 2.68 bits per heavy atom. The van der Waals surface area contributed by atoms with Crippen LogP contribution in [0.2, 0.25) is 0 Å². The van der Waals surface area contributed by atoms with Crippen LogP contribution >= 0.6 is 11.8 Å². The summed E-state index contributed by atoms with van der Waals surface area (Å²) in [5.41, 5.74) is 1.86. The van der Waals surface area contributed by atoms with Gasteiger partial charge in [-0.25, -0.2) is 8.42 Å². The molecule has 0 radical (unpaired) electrons. The summed E-state index contributed by atoms with van der Waals surface area (Å²) in [6.45, 7) is 2.07. The van der Waals surface area contributed by atoms with Crippen molar-refractivity contribution in [3.63, 3.8) is 0 Å². The highest BCUT2D eigenvalue weighted by Gasteiger charge is 2.29. The maximum atomic E-state index is 12.2. The lowest BCUT2D eigenvalue weighted by Crippen LogP contribution is -2.07. The second kappa shape index (κ2) is 7.70. The third kappa shape index (κ3) is 4.92. The summed E-state index contributed by atoms with van der Waals surface area (Å²) in [7, 11) is -2.91. The van der Waals surface area contributed by atoms with E-state index in [1.54, 1.807) is 0 Å². The third-order valence-electron chi connectivity index (χ3n) is 4.25. The highest BCUT2D eigenvalue weighted by Crippen LogP contribution is 2.24. The largest absolute Gasteiger partial charge is 0.416 e. The molecule has 0 aliphatic carbocycles. The number of hydrogen-bond acceptors (Lipinski definition) is 7. The first kappa shape index (κ1) is 18.1. The van der Waals surface area contributed by atoms with Gasteiger partial charge in [0.1, 0.15) is 0 Å². The standard InChI is InChI=1S/C17H20N2O4S2/c1-2-12-3-5-14(6-4-12)15(20)10-24-17-19-18-16(23-17)9-13-7-8-25(21,22)11-13/h3-6,13H,2,7-11H2,1H3/t13-/m0/s1. The summed E-state index contributed by atoms with van der Waals surface area (Å²) < 4.78 is 28.5. The van der Waals surface area contributed by atoms with E-state index in [1.165, 1.54) is 17.3 Å². The van der Waals surface area contributed by atoms with Crippen molar-refractivity contribution >= 4 is 27.4 Å². The van der Waals surface area contributed by atoms with Crippen LogP contribution < -0.4 is 0 Å². The molecule has 1 fully saturated rings. The predicted octanol–water partition coefficient (Wildman–Crippen LogP) is 2.58. The molecule has 3 rings (SSSR count). The second-order valence-electron chi connectivity index (χ2n) is 6.20. The fourth-order valence-corrected chi connectivity index (χ4v) is 5.33. The third-order valence-corrected chi connectivity index (χ3v) is 6.90. The van der Waals surface area contributed by atoms with Crippen molar-refractivity contribution in [1.29, 1.82) is 0 Å². The van der Waals surface area contributed by atoms with Crippen LogP contribution in [0.3, 0.4) is 0 Å². The number of carbonyl (C=O) groups is 1. The summed E-state index contributed by atoms with van der Waals surface area (Å²) >= 11 is 1.20. The van der Waals surface area contributed by atoms with E-state index >= 15 is 0 Å². The molecule has 0 bridgehead atoms. The van der Waals surface area contributed by atoms with Crippen molar-refractivity contribution in [3.05, 3.63) is 41.3 Å². The molecule has 1 aliphatic rings. The molecule has 6 nitrogen and oxygen atoms in total. The van der Waals surface area contributed by atoms with Crippen molar-refractivity contribution in [2.45, 2.75) is 31.4 Å². The van der Waals surface area contributed by atoms with E-state index in [-0.39, 0.29) is 29.0 Å². The Morgan fingerprint density at radius 2 is 2.04 bits per heavy atom. The molecule has 8 heteroatoms. The van der Waals surface area contributed by atoms with Crippen LogP contribution in [0, 0.1) is 5.92 Å². The van der Waals surface area contributed by atoms with Gasteiger partial charge in [0.15, 0.2) is 15.6 Å². The van der Waals surface area contributed by atoms with Crippen LogP contribution in [-0.2, 0) is 22.7 Å². The number of benzene rings is 1. The molecular formula is C17H20N2O4S2. The van der Waals surface area contributed by atoms with Gasteiger partial charge in [-0.3, -0.25) is 4.79 Å². The first-order valence-corrected chi connectivity index (χ1v) is 11.0. The molecule has 1 atom stereocenters. The van der Waals surface area contributed by atoms with E-state index in [0.717, 1.165) is 6.42 Å². The van der Waals surface area contributed by atoms with Gasteiger partial charge in [0.05, 0.1) is 17.3 Å². The fourth-order valence-electron chi connectivity index (χ4n) is 2.80. The molecule has 1 saturated heterocycles. The van der Waals surface area contributed by atoms with Gasteiger partial charge in [-0.05, 0) is 24.3 Å². The van der Waals surface area contributed by atoms with E-state index in [9.17, 15) is 13.2 Å². The predicted molar refractivity (Wildman–Crippen MR) is 95.6 cm³/mol. The molecule has 0 spiro atoms. The first-order chi connectivity index (χ1) is 11.9. The first-order valence-electron chi connectivity index (χ1n) is 8.23. The number of thioether (sulfide) groups is 1. The summed E-state index contributed by atoms with van der Waals surface area (Å²) in [5, 5.41) is 8.23. The van der Waals surface area contributed by atoms with Gasteiger partial charge in [-0.2, -0.15) is 0 Å². The van der Waals surface area contributed by atoms with E-state index < -0.39 is 9.84 Å². The van der Waals surface area contributed by atoms with Gasteiger partial charge >= 0.3 is 0 Å². The lowest BCUT2D eigenvalue weighted by molar-refractivity contribution is 0.102. The maximum Gasteiger partial charge on any atom is 0.277 e. The zero-order valence-corrected chi connectivity index (χ0v) is 15.6. The molecule has 0 N–H and O–H groups in total. The number of ketones is 1.